The molecule has 78 valence electrons. The first-order valence-electron chi connectivity index (χ1n) is 5.23. The summed E-state index contributed by atoms with van der Waals surface area (Å²) < 4.78 is 0. The van der Waals surface area contributed by atoms with Gasteiger partial charge in [-0.15, -0.1) is 0 Å². The van der Waals surface area contributed by atoms with E-state index < -0.39 is 0 Å². The van der Waals surface area contributed by atoms with E-state index in [-0.39, 0.29) is 0 Å². The molecule has 0 radical (unpaired) electrons. The van der Waals surface area contributed by atoms with E-state index in [9.17, 15) is 5.11 Å². The highest BCUT2D eigenvalue weighted by molar-refractivity contribution is 5.27. The van der Waals surface area contributed by atoms with Crippen LogP contribution in [0, 0.1) is 0 Å². The number of rotatable bonds is 5. The SMILES string of the molecule is CCCNC(C)Cc1cccc(O)c1. The van der Waals surface area contributed by atoms with Crippen LogP contribution in [0.3, 0.4) is 0 Å². The van der Waals surface area contributed by atoms with E-state index in [2.05, 4.69) is 19.2 Å². The molecule has 14 heavy (non-hydrogen) atoms. The number of hydrogen-bond acceptors (Lipinski definition) is 2. The minimum atomic E-state index is 0.352. The van der Waals surface area contributed by atoms with E-state index in [0.717, 1.165) is 19.4 Å². The molecule has 0 saturated carbocycles. The standard InChI is InChI=1S/C12H19NO/c1-3-7-13-10(2)8-11-5-4-6-12(14)9-11/h4-6,9-10,13-14H,3,7-8H2,1-2H3. The summed E-state index contributed by atoms with van der Waals surface area (Å²) in [5, 5.41) is 12.7. The van der Waals surface area contributed by atoms with Gasteiger partial charge in [0.05, 0.1) is 0 Å². The number of phenolic OH excluding ortho intramolecular Hbond substituents is 1. The summed E-state index contributed by atoms with van der Waals surface area (Å²) in [6.07, 6.45) is 2.12. The molecule has 1 aromatic rings. The fourth-order valence-corrected chi connectivity index (χ4v) is 1.50. The second-order valence-electron chi connectivity index (χ2n) is 3.73. The molecule has 2 heteroatoms. The van der Waals surface area contributed by atoms with Crippen LogP contribution in [-0.2, 0) is 6.42 Å². The van der Waals surface area contributed by atoms with E-state index in [1.165, 1.54) is 5.56 Å². The lowest BCUT2D eigenvalue weighted by molar-refractivity contribution is 0.473. The van der Waals surface area contributed by atoms with Gasteiger partial charge in [0.2, 0.25) is 0 Å². The second-order valence-corrected chi connectivity index (χ2v) is 3.73. The molecule has 0 saturated heterocycles. The van der Waals surface area contributed by atoms with Crippen LogP contribution < -0.4 is 5.32 Å². The largest absolute Gasteiger partial charge is 0.508 e. The van der Waals surface area contributed by atoms with Crippen molar-refractivity contribution in [1.29, 1.82) is 0 Å². The predicted molar refractivity (Wildman–Crippen MR) is 59.6 cm³/mol. The molecular weight excluding hydrogens is 174 g/mol. The fourth-order valence-electron chi connectivity index (χ4n) is 1.50. The topological polar surface area (TPSA) is 32.3 Å². The van der Waals surface area contributed by atoms with Crippen molar-refractivity contribution < 1.29 is 5.11 Å². The number of aromatic hydroxyl groups is 1. The number of nitrogens with one attached hydrogen (secondary N) is 1. The molecule has 1 atom stereocenters. The first-order chi connectivity index (χ1) is 6.72. The highest BCUT2D eigenvalue weighted by atomic mass is 16.3. The van der Waals surface area contributed by atoms with Gasteiger partial charge in [0.1, 0.15) is 5.75 Å². The van der Waals surface area contributed by atoms with E-state index >= 15 is 0 Å². The summed E-state index contributed by atoms with van der Waals surface area (Å²) in [6.45, 7) is 5.38. The lowest BCUT2D eigenvalue weighted by Gasteiger charge is -2.12. The van der Waals surface area contributed by atoms with Gasteiger partial charge >= 0.3 is 0 Å². The van der Waals surface area contributed by atoms with E-state index in [4.69, 9.17) is 0 Å². The summed E-state index contributed by atoms with van der Waals surface area (Å²) in [7, 11) is 0. The Kier molecular flexibility index (Phi) is 4.47. The highest BCUT2D eigenvalue weighted by Crippen LogP contribution is 2.12. The average molecular weight is 193 g/mol. The molecule has 0 bridgehead atoms. The Morgan fingerprint density at radius 2 is 2.21 bits per heavy atom. The van der Waals surface area contributed by atoms with Gasteiger partial charge in [0.25, 0.3) is 0 Å². The van der Waals surface area contributed by atoms with E-state index in [1.807, 2.05) is 18.2 Å². The zero-order chi connectivity index (χ0) is 10.4. The maximum atomic E-state index is 9.28. The third-order valence-corrected chi connectivity index (χ3v) is 2.20. The summed E-state index contributed by atoms with van der Waals surface area (Å²) in [4.78, 5) is 0. The Morgan fingerprint density at radius 1 is 1.43 bits per heavy atom. The normalized spacial score (nSPS) is 12.7. The summed E-state index contributed by atoms with van der Waals surface area (Å²) >= 11 is 0. The lowest BCUT2D eigenvalue weighted by atomic mass is 10.1. The van der Waals surface area contributed by atoms with Crippen LogP contribution >= 0.6 is 0 Å². The smallest absolute Gasteiger partial charge is 0.115 e. The average Bonchev–Trinajstić information content (AvgIpc) is 2.15. The van der Waals surface area contributed by atoms with Crippen molar-refractivity contribution in [3.8, 4) is 5.75 Å². The monoisotopic (exact) mass is 193 g/mol. The van der Waals surface area contributed by atoms with Crippen LogP contribution in [0.15, 0.2) is 24.3 Å². The summed E-state index contributed by atoms with van der Waals surface area (Å²) in [5.41, 5.74) is 1.18. The molecule has 1 aromatic carbocycles. The number of phenols is 1. The van der Waals surface area contributed by atoms with Crippen molar-refractivity contribution in [3.63, 3.8) is 0 Å². The Hall–Kier alpha value is -1.02. The number of hydrogen-bond donors (Lipinski definition) is 2. The molecular formula is C12H19NO. The molecule has 0 amide bonds. The van der Waals surface area contributed by atoms with Crippen LogP contribution in [0.4, 0.5) is 0 Å². The Bertz CT molecular complexity index is 273. The van der Waals surface area contributed by atoms with Gasteiger partial charge in [-0.05, 0) is 44.0 Å². The number of benzene rings is 1. The first-order valence-corrected chi connectivity index (χ1v) is 5.23. The van der Waals surface area contributed by atoms with Gasteiger partial charge in [-0.1, -0.05) is 19.1 Å². The molecule has 0 aliphatic heterocycles. The molecule has 2 nitrogen and oxygen atoms in total. The molecule has 1 unspecified atom stereocenters. The van der Waals surface area contributed by atoms with Crippen molar-refractivity contribution in [2.75, 3.05) is 6.54 Å². The van der Waals surface area contributed by atoms with Crippen molar-refractivity contribution in [2.45, 2.75) is 32.7 Å². The van der Waals surface area contributed by atoms with Crippen LogP contribution in [0.2, 0.25) is 0 Å². The zero-order valence-corrected chi connectivity index (χ0v) is 8.96. The molecule has 0 fully saturated rings. The van der Waals surface area contributed by atoms with Crippen molar-refractivity contribution in [2.24, 2.45) is 0 Å². The second kappa shape index (κ2) is 5.66. The van der Waals surface area contributed by atoms with Gasteiger partial charge in [-0.2, -0.15) is 0 Å². The molecule has 0 aliphatic carbocycles. The molecule has 0 heterocycles. The quantitative estimate of drug-likeness (QED) is 0.752. The highest BCUT2D eigenvalue weighted by Gasteiger charge is 2.02. The summed E-state index contributed by atoms with van der Waals surface area (Å²) in [5.74, 6) is 0.352. The van der Waals surface area contributed by atoms with Gasteiger partial charge in [-0.3, -0.25) is 0 Å². The molecule has 0 aromatic heterocycles. The van der Waals surface area contributed by atoms with E-state index in [1.54, 1.807) is 6.07 Å². The van der Waals surface area contributed by atoms with Crippen LogP contribution in [0.25, 0.3) is 0 Å². The molecule has 0 aliphatic rings. The maximum absolute atomic E-state index is 9.28. The van der Waals surface area contributed by atoms with Gasteiger partial charge in [-0.25, -0.2) is 0 Å². The fraction of sp³-hybridized carbons (Fsp3) is 0.500. The minimum Gasteiger partial charge on any atom is -0.508 e. The first kappa shape index (κ1) is 11.1. The van der Waals surface area contributed by atoms with Crippen molar-refractivity contribution in [1.82, 2.24) is 5.32 Å². The lowest BCUT2D eigenvalue weighted by Crippen LogP contribution is -2.28. The third-order valence-electron chi connectivity index (χ3n) is 2.20. The Labute approximate surface area is 86.0 Å². The summed E-state index contributed by atoms with van der Waals surface area (Å²) in [6, 6.07) is 7.93. The molecule has 2 N–H and O–H groups in total. The molecule has 1 rings (SSSR count). The van der Waals surface area contributed by atoms with Crippen molar-refractivity contribution >= 4 is 0 Å². The third kappa shape index (κ3) is 3.79. The Balaban J connectivity index is 2.43. The Morgan fingerprint density at radius 3 is 2.86 bits per heavy atom. The predicted octanol–water partition coefficient (Wildman–Crippen LogP) is 2.32. The van der Waals surface area contributed by atoms with Crippen LogP contribution in [0.5, 0.6) is 5.75 Å². The van der Waals surface area contributed by atoms with Crippen molar-refractivity contribution in [3.05, 3.63) is 29.8 Å². The minimum absolute atomic E-state index is 0.352. The van der Waals surface area contributed by atoms with E-state index in [0.29, 0.717) is 11.8 Å². The van der Waals surface area contributed by atoms with Crippen LogP contribution in [-0.4, -0.2) is 17.7 Å². The maximum Gasteiger partial charge on any atom is 0.115 e. The van der Waals surface area contributed by atoms with Gasteiger partial charge in [0, 0.05) is 6.04 Å². The molecule has 0 spiro atoms. The van der Waals surface area contributed by atoms with Gasteiger partial charge < -0.3 is 10.4 Å². The van der Waals surface area contributed by atoms with Crippen LogP contribution in [0.1, 0.15) is 25.8 Å². The zero-order valence-electron chi connectivity index (χ0n) is 8.96. The van der Waals surface area contributed by atoms with Gasteiger partial charge in [0.15, 0.2) is 0 Å².